The molecule has 0 bridgehead atoms. The Balaban J connectivity index is 1.78. The minimum atomic E-state index is 0.675. The lowest BCUT2D eigenvalue weighted by molar-refractivity contribution is 0.414. The van der Waals surface area contributed by atoms with Crippen LogP contribution >= 0.6 is 0 Å². The molecule has 0 unspecified atom stereocenters. The number of benzene rings is 2. The molecule has 2 aromatic carbocycles. The second kappa shape index (κ2) is 8.42. The molecule has 0 atom stereocenters. The quantitative estimate of drug-likeness (QED) is 0.664. The maximum atomic E-state index is 5.20. The van der Waals surface area contributed by atoms with Crippen molar-refractivity contribution in [2.75, 3.05) is 14.2 Å². The van der Waals surface area contributed by atoms with Gasteiger partial charge in [-0.05, 0) is 66.4 Å². The summed E-state index contributed by atoms with van der Waals surface area (Å²) in [5, 5.41) is 0. The zero-order valence-electron chi connectivity index (χ0n) is 14.6. The molecule has 3 rings (SSSR count). The molecular formula is C23H17NO2. The fourth-order valence-electron chi connectivity index (χ4n) is 2.22. The zero-order chi connectivity index (χ0) is 18.2. The van der Waals surface area contributed by atoms with Gasteiger partial charge in [-0.25, -0.2) is 4.98 Å². The number of aromatic nitrogens is 1. The van der Waals surface area contributed by atoms with Crippen molar-refractivity contribution in [2.24, 2.45) is 0 Å². The number of pyridine rings is 1. The summed E-state index contributed by atoms with van der Waals surface area (Å²) in [5.41, 5.74) is 3.13. The first kappa shape index (κ1) is 17.1. The van der Waals surface area contributed by atoms with Crippen molar-refractivity contribution in [3.05, 3.63) is 89.2 Å². The summed E-state index contributed by atoms with van der Waals surface area (Å²) in [6, 6.07) is 20.9. The van der Waals surface area contributed by atoms with E-state index in [-0.39, 0.29) is 0 Å². The Labute approximate surface area is 153 Å². The molecule has 0 aliphatic carbocycles. The molecule has 0 saturated carbocycles. The zero-order valence-corrected chi connectivity index (χ0v) is 14.6. The summed E-state index contributed by atoms with van der Waals surface area (Å²) in [6.45, 7) is 0. The van der Waals surface area contributed by atoms with Gasteiger partial charge >= 0.3 is 0 Å². The summed E-state index contributed by atoms with van der Waals surface area (Å²) in [7, 11) is 3.28. The molecule has 1 heterocycles. The number of hydrogen-bond donors (Lipinski definition) is 0. The molecule has 0 aliphatic rings. The minimum absolute atomic E-state index is 0.675. The summed E-state index contributed by atoms with van der Waals surface area (Å²) in [5.74, 6) is 13.9. The monoisotopic (exact) mass is 339 g/mol. The van der Waals surface area contributed by atoms with Crippen LogP contribution in [0.1, 0.15) is 22.5 Å². The highest BCUT2D eigenvalue weighted by Gasteiger charge is 1.95. The van der Waals surface area contributed by atoms with E-state index in [0.717, 1.165) is 22.6 Å². The fraction of sp³-hybridized carbons (Fsp3) is 0.0870. The SMILES string of the molecule is COc1ccc(C#Cc2cccc(C#Cc3cccc(OC)c3)n2)cc1. The van der Waals surface area contributed by atoms with Gasteiger partial charge in [0.1, 0.15) is 22.9 Å². The van der Waals surface area contributed by atoms with Gasteiger partial charge in [0.05, 0.1) is 14.2 Å². The predicted molar refractivity (Wildman–Crippen MR) is 102 cm³/mol. The molecule has 3 nitrogen and oxygen atoms in total. The third kappa shape index (κ3) is 4.66. The molecule has 0 amide bonds. The molecule has 0 spiro atoms. The van der Waals surface area contributed by atoms with Crippen molar-refractivity contribution >= 4 is 0 Å². The number of hydrogen-bond acceptors (Lipinski definition) is 3. The standard InChI is InChI=1S/C23H17NO2/c1-25-22-15-11-18(12-16-22)9-13-20-6-4-7-21(24-20)14-10-19-5-3-8-23(17-19)26-2/h3-8,11-12,15-17H,1-2H3. The Hall–Kier alpha value is -3.69. The first-order valence-electron chi connectivity index (χ1n) is 8.06. The van der Waals surface area contributed by atoms with Crippen LogP contribution in [-0.4, -0.2) is 19.2 Å². The van der Waals surface area contributed by atoms with Crippen molar-refractivity contribution in [3.63, 3.8) is 0 Å². The Morgan fingerprint density at radius 2 is 1.23 bits per heavy atom. The first-order valence-corrected chi connectivity index (χ1v) is 8.06. The lowest BCUT2D eigenvalue weighted by Gasteiger charge is -1.98. The highest BCUT2D eigenvalue weighted by atomic mass is 16.5. The van der Waals surface area contributed by atoms with Crippen LogP contribution < -0.4 is 9.47 Å². The van der Waals surface area contributed by atoms with Crippen molar-refractivity contribution in [2.45, 2.75) is 0 Å². The van der Waals surface area contributed by atoms with Gasteiger partial charge in [-0.3, -0.25) is 0 Å². The fourth-order valence-corrected chi connectivity index (χ4v) is 2.22. The van der Waals surface area contributed by atoms with Crippen molar-refractivity contribution < 1.29 is 9.47 Å². The Kier molecular flexibility index (Phi) is 5.55. The molecule has 3 heteroatoms. The molecule has 26 heavy (non-hydrogen) atoms. The molecule has 0 N–H and O–H groups in total. The van der Waals surface area contributed by atoms with Crippen LogP contribution in [0.5, 0.6) is 11.5 Å². The summed E-state index contributed by atoms with van der Waals surface area (Å²) < 4.78 is 10.3. The van der Waals surface area contributed by atoms with Crippen LogP contribution in [0.3, 0.4) is 0 Å². The normalized spacial score (nSPS) is 9.31. The molecule has 1 aromatic heterocycles. The average molecular weight is 339 g/mol. The topological polar surface area (TPSA) is 31.4 Å². The molecular weight excluding hydrogens is 322 g/mol. The van der Waals surface area contributed by atoms with E-state index in [0.29, 0.717) is 11.4 Å². The number of methoxy groups -OCH3 is 2. The first-order chi connectivity index (χ1) is 12.8. The average Bonchev–Trinajstić information content (AvgIpc) is 2.71. The predicted octanol–water partition coefficient (Wildman–Crippen LogP) is 3.90. The molecule has 3 aromatic rings. The van der Waals surface area contributed by atoms with Crippen LogP contribution in [0.15, 0.2) is 66.7 Å². The smallest absolute Gasteiger partial charge is 0.120 e. The number of ether oxygens (including phenoxy) is 2. The molecule has 0 fully saturated rings. The van der Waals surface area contributed by atoms with Gasteiger partial charge < -0.3 is 9.47 Å². The maximum absolute atomic E-state index is 5.20. The molecule has 0 aliphatic heterocycles. The van der Waals surface area contributed by atoms with Gasteiger partial charge in [0.25, 0.3) is 0 Å². The third-order valence-corrected chi connectivity index (χ3v) is 3.58. The van der Waals surface area contributed by atoms with Crippen molar-refractivity contribution in [1.29, 1.82) is 0 Å². The van der Waals surface area contributed by atoms with Crippen LogP contribution in [0, 0.1) is 23.7 Å². The van der Waals surface area contributed by atoms with Gasteiger partial charge in [-0.1, -0.05) is 24.0 Å². The van der Waals surface area contributed by atoms with Crippen LogP contribution in [0.25, 0.3) is 0 Å². The Morgan fingerprint density at radius 1 is 0.615 bits per heavy atom. The van der Waals surface area contributed by atoms with E-state index in [1.165, 1.54) is 0 Å². The van der Waals surface area contributed by atoms with Gasteiger partial charge in [0.2, 0.25) is 0 Å². The molecule has 0 saturated heterocycles. The van der Waals surface area contributed by atoms with E-state index in [4.69, 9.17) is 9.47 Å². The highest BCUT2D eigenvalue weighted by Crippen LogP contribution is 2.12. The van der Waals surface area contributed by atoms with E-state index in [1.807, 2.05) is 66.7 Å². The summed E-state index contributed by atoms with van der Waals surface area (Å²) >= 11 is 0. The summed E-state index contributed by atoms with van der Waals surface area (Å²) in [6.07, 6.45) is 0. The van der Waals surface area contributed by atoms with E-state index in [2.05, 4.69) is 28.7 Å². The Bertz CT molecular complexity index is 1020. The van der Waals surface area contributed by atoms with Crippen LogP contribution in [0.4, 0.5) is 0 Å². The lowest BCUT2D eigenvalue weighted by Crippen LogP contribution is -1.87. The minimum Gasteiger partial charge on any atom is -0.497 e. The number of nitrogens with zero attached hydrogens (tertiary/aromatic N) is 1. The maximum Gasteiger partial charge on any atom is 0.120 e. The van der Waals surface area contributed by atoms with Crippen molar-refractivity contribution in [1.82, 2.24) is 4.98 Å². The second-order valence-electron chi connectivity index (χ2n) is 5.37. The van der Waals surface area contributed by atoms with E-state index >= 15 is 0 Å². The molecule has 126 valence electrons. The third-order valence-electron chi connectivity index (χ3n) is 3.58. The van der Waals surface area contributed by atoms with Gasteiger partial charge in [0, 0.05) is 11.1 Å². The van der Waals surface area contributed by atoms with E-state index < -0.39 is 0 Å². The van der Waals surface area contributed by atoms with E-state index in [9.17, 15) is 0 Å². The largest absolute Gasteiger partial charge is 0.497 e. The highest BCUT2D eigenvalue weighted by molar-refractivity contribution is 5.46. The van der Waals surface area contributed by atoms with Gasteiger partial charge in [-0.2, -0.15) is 0 Å². The van der Waals surface area contributed by atoms with Crippen LogP contribution in [0.2, 0.25) is 0 Å². The number of rotatable bonds is 2. The summed E-state index contributed by atoms with van der Waals surface area (Å²) in [4.78, 5) is 4.48. The van der Waals surface area contributed by atoms with Crippen molar-refractivity contribution in [3.8, 4) is 35.2 Å². The second-order valence-corrected chi connectivity index (χ2v) is 5.37. The lowest BCUT2D eigenvalue weighted by atomic mass is 10.2. The Morgan fingerprint density at radius 3 is 1.88 bits per heavy atom. The molecule has 0 radical (unpaired) electrons. The van der Waals surface area contributed by atoms with Gasteiger partial charge in [-0.15, -0.1) is 0 Å². The van der Waals surface area contributed by atoms with Crippen LogP contribution in [-0.2, 0) is 0 Å². The van der Waals surface area contributed by atoms with E-state index in [1.54, 1.807) is 14.2 Å². The van der Waals surface area contributed by atoms with Gasteiger partial charge in [0.15, 0.2) is 0 Å².